The number of nitrogens with zero attached hydrogens (tertiary/aromatic N) is 4. The molecule has 110 valence electrons. The molecule has 6 nitrogen and oxygen atoms in total. The van der Waals surface area contributed by atoms with Crippen LogP contribution < -0.4 is 5.32 Å². The van der Waals surface area contributed by atoms with Crippen LogP contribution in [0.15, 0.2) is 9.00 Å². The summed E-state index contributed by atoms with van der Waals surface area (Å²) in [5.41, 5.74) is 2.30. The molecule has 20 heavy (non-hydrogen) atoms. The van der Waals surface area contributed by atoms with Crippen molar-refractivity contribution in [2.45, 2.75) is 46.7 Å². The summed E-state index contributed by atoms with van der Waals surface area (Å²) in [6.45, 7) is 8.47. The molecule has 0 aliphatic carbocycles. The van der Waals surface area contributed by atoms with Crippen LogP contribution in [0, 0.1) is 6.92 Å². The van der Waals surface area contributed by atoms with E-state index >= 15 is 0 Å². The summed E-state index contributed by atoms with van der Waals surface area (Å²) in [6.07, 6.45) is 1.69. The number of hydrogen-bond acceptors (Lipinski definition) is 5. The number of aromatic nitrogens is 4. The Bertz CT molecular complexity index is 563. The summed E-state index contributed by atoms with van der Waals surface area (Å²) in [5, 5.41) is 11.9. The third kappa shape index (κ3) is 3.46. The van der Waals surface area contributed by atoms with Gasteiger partial charge in [-0.05, 0) is 29.3 Å². The van der Waals surface area contributed by atoms with E-state index in [1.807, 2.05) is 4.68 Å². The van der Waals surface area contributed by atoms with Gasteiger partial charge < -0.3 is 9.84 Å². The normalized spacial score (nSPS) is 11.2. The van der Waals surface area contributed by atoms with Crippen LogP contribution in [-0.2, 0) is 25.9 Å². The van der Waals surface area contributed by atoms with Crippen molar-refractivity contribution in [3.8, 4) is 0 Å². The Morgan fingerprint density at radius 3 is 2.75 bits per heavy atom. The van der Waals surface area contributed by atoms with Crippen molar-refractivity contribution in [1.82, 2.24) is 25.2 Å². The van der Waals surface area contributed by atoms with E-state index < -0.39 is 0 Å². The lowest BCUT2D eigenvalue weighted by atomic mass is 10.3. The van der Waals surface area contributed by atoms with Gasteiger partial charge in [0.15, 0.2) is 5.82 Å². The molecule has 7 heteroatoms. The zero-order valence-corrected chi connectivity index (χ0v) is 13.7. The van der Waals surface area contributed by atoms with E-state index in [0.717, 1.165) is 48.5 Å². The number of nitrogens with one attached hydrogen (secondary N) is 1. The molecule has 2 heterocycles. The molecule has 1 N–H and O–H groups in total. The molecule has 0 bridgehead atoms. The third-order valence-electron chi connectivity index (χ3n) is 3.08. The molecule has 0 saturated carbocycles. The molecule has 2 aromatic heterocycles. The first-order chi connectivity index (χ1) is 9.65. The largest absolute Gasteiger partial charge is 0.340 e. The Labute approximate surface area is 127 Å². The van der Waals surface area contributed by atoms with Gasteiger partial charge >= 0.3 is 0 Å². The summed E-state index contributed by atoms with van der Waals surface area (Å²) < 4.78 is 8.09. The van der Waals surface area contributed by atoms with Crippen LogP contribution in [0.1, 0.15) is 37.0 Å². The monoisotopic (exact) mass is 341 g/mol. The maximum absolute atomic E-state index is 4.94. The summed E-state index contributed by atoms with van der Waals surface area (Å²) in [5.74, 6) is 1.35. The molecule has 0 atom stereocenters. The minimum Gasteiger partial charge on any atom is -0.340 e. The molecule has 0 amide bonds. The fourth-order valence-electron chi connectivity index (χ4n) is 2.04. The lowest BCUT2D eigenvalue weighted by Gasteiger charge is -2.06. The zero-order valence-electron chi connectivity index (χ0n) is 12.1. The Kier molecular flexibility index (Phi) is 5.31. The van der Waals surface area contributed by atoms with Gasteiger partial charge in [-0.1, -0.05) is 12.1 Å². The molecule has 0 radical (unpaired) electrons. The molecular weight excluding hydrogens is 322 g/mol. The molecule has 0 fully saturated rings. The van der Waals surface area contributed by atoms with E-state index in [2.05, 4.69) is 50.3 Å². The van der Waals surface area contributed by atoms with Crippen LogP contribution in [0.5, 0.6) is 0 Å². The highest BCUT2D eigenvalue weighted by molar-refractivity contribution is 9.10. The van der Waals surface area contributed by atoms with E-state index in [1.54, 1.807) is 6.92 Å². The molecule has 0 aromatic carbocycles. The number of rotatable bonds is 7. The molecule has 0 unspecified atom stereocenters. The summed E-state index contributed by atoms with van der Waals surface area (Å²) in [7, 11) is 0. The Morgan fingerprint density at radius 2 is 2.15 bits per heavy atom. The first-order valence-electron chi connectivity index (χ1n) is 6.89. The van der Waals surface area contributed by atoms with Gasteiger partial charge in [0.2, 0.25) is 5.89 Å². The van der Waals surface area contributed by atoms with Gasteiger partial charge in [-0.3, -0.25) is 4.68 Å². The highest BCUT2D eigenvalue weighted by Gasteiger charge is 2.13. The fraction of sp³-hybridized carbons (Fsp3) is 0.615. The van der Waals surface area contributed by atoms with Crippen LogP contribution in [0.4, 0.5) is 0 Å². The van der Waals surface area contributed by atoms with Crippen LogP contribution in [-0.4, -0.2) is 26.5 Å². The zero-order chi connectivity index (χ0) is 14.5. The molecule has 2 aromatic rings. The van der Waals surface area contributed by atoms with E-state index in [0.29, 0.717) is 5.89 Å². The van der Waals surface area contributed by atoms with Crippen molar-refractivity contribution in [2.24, 2.45) is 0 Å². The second-order valence-electron chi connectivity index (χ2n) is 4.53. The minimum atomic E-state index is 0.611. The maximum Gasteiger partial charge on any atom is 0.223 e. The van der Waals surface area contributed by atoms with Crippen LogP contribution >= 0.6 is 15.9 Å². The van der Waals surface area contributed by atoms with Crippen molar-refractivity contribution in [3.63, 3.8) is 0 Å². The average Bonchev–Trinajstić information content (AvgIpc) is 2.99. The van der Waals surface area contributed by atoms with Crippen molar-refractivity contribution in [2.75, 3.05) is 6.54 Å². The minimum absolute atomic E-state index is 0.611. The van der Waals surface area contributed by atoms with Gasteiger partial charge in [-0.2, -0.15) is 10.1 Å². The van der Waals surface area contributed by atoms with Crippen molar-refractivity contribution < 1.29 is 4.52 Å². The quantitative estimate of drug-likeness (QED) is 0.782. The maximum atomic E-state index is 4.94. The van der Waals surface area contributed by atoms with Gasteiger partial charge in [0.05, 0.1) is 15.9 Å². The van der Waals surface area contributed by atoms with Crippen molar-refractivity contribution in [3.05, 3.63) is 27.6 Å². The predicted octanol–water partition coefficient (Wildman–Crippen LogP) is 2.25. The molecule has 0 aliphatic rings. The van der Waals surface area contributed by atoms with Gasteiger partial charge in [-0.25, -0.2) is 0 Å². The summed E-state index contributed by atoms with van der Waals surface area (Å²) in [6, 6.07) is 0. The molecular formula is C13H20BrN5O. The van der Waals surface area contributed by atoms with E-state index in [9.17, 15) is 0 Å². The fourth-order valence-corrected chi connectivity index (χ4v) is 2.74. The standard InChI is InChI=1S/C13H20BrN5O/c1-4-10-13(14)11(19(5-2)17-10)8-15-7-6-12-16-9(3)20-18-12/h15H,4-8H2,1-3H3. The lowest BCUT2D eigenvalue weighted by Crippen LogP contribution is -2.20. The van der Waals surface area contributed by atoms with Gasteiger partial charge in [0.1, 0.15) is 0 Å². The topological polar surface area (TPSA) is 68.8 Å². The Balaban J connectivity index is 1.89. The van der Waals surface area contributed by atoms with E-state index in [1.165, 1.54) is 5.69 Å². The number of hydrogen-bond donors (Lipinski definition) is 1. The van der Waals surface area contributed by atoms with Crippen molar-refractivity contribution in [1.29, 1.82) is 0 Å². The third-order valence-corrected chi connectivity index (χ3v) is 4.00. The van der Waals surface area contributed by atoms with Gasteiger partial charge in [-0.15, -0.1) is 0 Å². The second-order valence-corrected chi connectivity index (χ2v) is 5.33. The number of halogens is 1. The second kappa shape index (κ2) is 6.99. The predicted molar refractivity (Wildman–Crippen MR) is 79.4 cm³/mol. The van der Waals surface area contributed by atoms with Gasteiger partial charge in [0, 0.05) is 33.0 Å². The van der Waals surface area contributed by atoms with E-state index in [-0.39, 0.29) is 0 Å². The first kappa shape index (κ1) is 15.2. The van der Waals surface area contributed by atoms with Crippen LogP contribution in [0.2, 0.25) is 0 Å². The van der Waals surface area contributed by atoms with E-state index in [4.69, 9.17) is 4.52 Å². The summed E-state index contributed by atoms with van der Waals surface area (Å²) in [4.78, 5) is 4.18. The summed E-state index contributed by atoms with van der Waals surface area (Å²) >= 11 is 3.64. The molecule has 0 spiro atoms. The number of aryl methyl sites for hydroxylation is 3. The molecule has 0 aliphatic heterocycles. The lowest BCUT2D eigenvalue weighted by molar-refractivity contribution is 0.387. The van der Waals surface area contributed by atoms with Crippen LogP contribution in [0.25, 0.3) is 0 Å². The smallest absolute Gasteiger partial charge is 0.223 e. The highest BCUT2D eigenvalue weighted by atomic mass is 79.9. The Morgan fingerprint density at radius 1 is 1.35 bits per heavy atom. The Hall–Kier alpha value is -1.21. The molecule has 2 rings (SSSR count). The highest BCUT2D eigenvalue weighted by Crippen LogP contribution is 2.22. The molecule has 0 saturated heterocycles. The first-order valence-corrected chi connectivity index (χ1v) is 7.68. The van der Waals surface area contributed by atoms with Gasteiger partial charge in [0.25, 0.3) is 0 Å². The van der Waals surface area contributed by atoms with Crippen molar-refractivity contribution >= 4 is 15.9 Å². The average molecular weight is 342 g/mol. The SMILES string of the molecule is CCc1nn(CC)c(CNCCc2noc(C)n2)c1Br. The van der Waals surface area contributed by atoms with Crippen LogP contribution in [0.3, 0.4) is 0 Å².